The summed E-state index contributed by atoms with van der Waals surface area (Å²) in [5.41, 5.74) is 0.151. The predicted octanol–water partition coefficient (Wildman–Crippen LogP) is 6.19. The number of aliphatic imine (C=N–C) groups is 1. The van der Waals surface area contributed by atoms with Crippen molar-refractivity contribution in [2.24, 2.45) is 4.99 Å². The number of hydrogen-bond acceptors (Lipinski definition) is 7. The molecule has 2 atom stereocenters. The highest BCUT2D eigenvalue weighted by molar-refractivity contribution is 7.91. The molecule has 0 saturated carbocycles. The maximum absolute atomic E-state index is 14.3. The Morgan fingerprint density at radius 1 is 0.956 bits per heavy atom. The number of halogens is 2. The van der Waals surface area contributed by atoms with E-state index in [0.29, 0.717) is 34.9 Å². The van der Waals surface area contributed by atoms with Crippen LogP contribution in [0.25, 0.3) is 0 Å². The molecule has 4 aromatic rings. The SMILES string of the molecule is O=C(NCc1ccccc1)[C@]1(CCS(=O)(=O)c2ccccc2)N=C(c2ccc(OCCCO)cc2)O[C@@H]1c1ccc(Cl)cc1Cl. The van der Waals surface area contributed by atoms with E-state index in [1.807, 2.05) is 30.3 Å². The van der Waals surface area contributed by atoms with Crippen LogP contribution in [0.3, 0.4) is 0 Å². The molecule has 2 N–H and O–H groups in total. The summed E-state index contributed by atoms with van der Waals surface area (Å²) in [4.78, 5) is 19.4. The van der Waals surface area contributed by atoms with Crippen LogP contribution in [0.5, 0.6) is 5.75 Å². The minimum Gasteiger partial charge on any atom is -0.494 e. The third kappa shape index (κ3) is 7.68. The molecule has 1 aliphatic heterocycles. The second-order valence-electron chi connectivity index (χ2n) is 10.5. The van der Waals surface area contributed by atoms with Gasteiger partial charge in [0.25, 0.3) is 5.91 Å². The first-order valence-corrected chi connectivity index (χ1v) is 16.8. The first kappa shape index (κ1) is 32.5. The van der Waals surface area contributed by atoms with Gasteiger partial charge in [-0.3, -0.25) is 4.79 Å². The van der Waals surface area contributed by atoms with Gasteiger partial charge in [-0.05, 0) is 54.1 Å². The maximum Gasteiger partial charge on any atom is 0.252 e. The van der Waals surface area contributed by atoms with Gasteiger partial charge in [-0.25, -0.2) is 13.4 Å². The number of aliphatic hydroxyl groups is 1. The van der Waals surface area contributed by atoms with Crippen molar-refractivity contribution >= 4 is 44.8 Å². The molecule has 4 aromatic carbocycles. The molecule has 1 aliphatic rings. The molecule has 0 spiro atoms. The minimum atomic E-state index is -3.80. The van der Waals surface area contributed by atoms with Crippen LogP contribution in [0, 0.1) is 0 Å². The molecule has 11 heteroatoms. The zero-order chi connectivity index (χ0) is 31.9. The lowest BCUT2D eigenvalue weighted by atomic mass is 9.85. The summed E-state index contributed by atoms with van der Waals surface area (Å²) in [7, 11) is -3.80. The largest absolute Gasteiger partial charge is 0.494 e. The smallest absolute Gasteiger partial charge is 0.252 e. The minimum absolute atomic E-state index is 0.0196. The molecule has 0 unspecified atom stereocenters. The van der Waals surface area contributed by atoms with Crippen molar-refractivity contribution < 1.29 is 27.8 Å². The number of carbonyl (C=O) groups is 1. The number of rotatable bonds is 13. The first-order chi connectivity index (χ1) is 21.7. The molecule has 1 amide bonds. The van der Waals surface area contributed by atoms with Crippen molar-refractivity contribution in [3.8, 4) is 5.75 Å². The Bertz CT molecular complexity index is 1750. The lowest BCUT2D eigenvalue weighted by Gasteiger charge is -2.31. The number of sulfone groups is 1. The highest BCUT2D eigenvalue weighted by Gasteiger charge is 2.54. The van der Waals surface area contributed by atoms with Crippen LogP contribution in [0.15, 0.2) is 113 Å². The van der Waals surface area contributed by atoms with Crippen molar-refractivity contribution in [2.45, 2.75) is 35.9 Å². The second kappa shape index (κ2) is 14.5. The van der Waals surface area contributed by atoms with Crippen LogP contribution in [-0.2, 0) is 25.9 Å². The summed E-state index contributed by atoms with van der Waals surface area (Å²) < 4.78 is 39.1. The highest BCUT2D eigenvalue weighted by Crippen LogP contribution is 2.45. The van der Waals surface area contributed by atoms with E-state index < -0.39 is 27.4 Å². The number of ether oxygens (including phenoxy) is 2. The Balaban J connectivity index is 1.57. The lowest BCUT2D eigenvalue weighted by molar-refractivity contribution is -0.129. The molecule has 5 rings (SSSR count). The molecular formula is C34H32Cl2N2O6S. The summed E-state index contributed by atoms with van der Waals surface area (Å²) in [6, 6.07) is 29.3. The Hall–Kier alpha value is -3.89. The van der Waals surface area contributed by atoms with Gasteiger partial charge in [0, 0.05) is 47.2 Å². The van der Waals surface area contributed by atoms with E-state index in [4.69, 9.17) is 42.8 Å². The van der Waals surface area contributed by atoms with Gasteiger partial charge in [-0.1, -0.05) is 77.8 Å². The normalized spacial score (nSPS) is 17.8. The molecular weight excluding hydrogens is 635 g/mol. The van der Waals surface area contributed by atoms with E-state index in [1.54, 1.807) is 60.7 Å². The number of amides is 1. The van der Waals surface area contributed by atoms with Gasteiger partial charge in [0.1, 0.15) is 5.75 Å². The van der Waals surface area contributed by atoms with Crippen molar-refractivity contribution in [3.05, 3.63) is 130 Å². The van der Waals surface area contributed by atoms with Crippen molar-refractivity contribution in [1.29, 1.82) is 0 Å². The highest BCUT2D eigenvalue weighted by atomic mass is 35.5. The summed E-state index contributed by atoms with van der Waals surface area (Å²) in [5.74, 6) is -0.150. The molecule has 0 saturated heterocycles. The van der Waals surface area contributed by atoms with E-state index in [9.17, 15) is 13.2 Å². The molecule has 0 fully saturated rings. The fraction of sp³-hybridized carbons (Fsp3) is 0.235. The van der Waals surface area contributed by atoms with E-state index in [0.717, 1.165) is 5.56 Å². The lowest BCUT2D eigenvalue weighted by Crippen LogP contribution is -2.49. The van der Waals surface area contributed by atoms with Gasteiger partial charge in [0.2, 0.25) is 5.90 Å². The third-order valence-corrected chi connectivity index (χ3v) is 9.72. The van der Waals surface area contributed by atoms with E-state index in [-0.39, 0.29) is 41.1 Å². The summed E-state index contributed by atoms with van der Waals surface area (Å²) in [6.07, 6.45) is -0.770. The van der Waals surface area contributed by atoms with Gasteiger partial charge >= 0.3 is 0 Å². The number of aliphatic hydroxyl groups excluding tert-OH is 1. The zero-order valence-corrected chi connectivity index (χ0v) is 26.6. The van der Waals surface area contributed by atoms with Crippen LogP contribution in [0.4, 0.5) is 0 Å². The van der Waals surface area contributed by atoms with Crippen molar-refractivity contribution in [2.75, 3.05) is 19.0 Å². The van der Waals surface area contributed by atoms with E-state index >= 15 is 0 Å². The van der Waals surface area contributed by atoms with Crippen LogP contribution in [0.2, 0.25) is 10.0 Å². The Morgan fingerprint density at radius 3 is 2.31 bits per heavy atom. The van der Waals surface area contributed by atoms with Gasteiger partial charge in [0.15, 0.2) is 21.5 Å². The molecule has 45 heavy (non-hydrogen) atoms. The van der Waals surface area contributed by atoms with Crippen LogP contribution >= 0.6 is 23.2 Å². The second-order valence-corrected chi connectivity index (χ2v) is 13.5. The molecule has 0 aliphatic carbocycles. The molecule has 0 radical (unpaired) electrons. The van der Waals surface area contributed by atoms with Crippen LogP contribution in [-0.4, -0.2) is 49.8 Å². The van der Waals surface area contributed by atoms with Gasteiger partial charge in [-0.15, -0.1) is 0 Å². The molecule has 1 heterocycles. The van der Waals surface area contributed by atoms with Crippen LogP contribution in [0.1, 0.15) is 35.6 Å². The number of nitrogens with zero attached hydrogens (tertiary/aromatic N) is 1. The number of hydrogen-bond donors (Lipinski definition) is 2. The van der Waals surface area contributed by atoms with Crippen LogP contribution < -0.4 is 10.1 Å². The standard InChI is InChI=1S/C34H32Cl2N2O6S/c35-26-14-17-29(30(36)22-26)31-34(33(40)37-23-24-8-3-1-4-9-24,18-21-45(41,42)28-10-5-2-6-11-28)38-32(44-31)25-12-15-27(16-13-25)43-20-7-19-39/h1-6,8-17,22,31,39H,7,18-21,23H2,(H,37,40)/t31-,34-/m1/s1. The molecule has 8 nitrogen and oxygen atoms in total. The predicted molar refractivity (Wildman–Crippen MR) is 175 cm³/mol. The number of carbonyl (C=O) groups excluding carboxylic acids is 1. The maximum atomic E-state index is 14.3. The first-order valence-electron chi connectivity index (χ1n) is 14.4. The van der Waals surface area contributed by atoms with E-state index in [1.165, 1.54) is 12.1 Å². The van der Waals surface area contributed by atoms with Gasteiger partial charge in [-0.2, -0.15) is 0 Å². The molecule has 0 bridgehead atoms. The quantitative estimate of drug-likeness (QED) is 0.165. The summed E-state index contributed by atoms with van der Waals surface area (Å²) >= 11 is 12.9. The monoisotopic (exact) mass is 666 g/mol. The van der Waals surface area contributed by atoms with Gasteiger partial charge in [0.05, 0.1) is 17.3 Å². The zero-order valence-electron chi connectivity index (χ0n) is 24.2. The topological polar surface area (TPSA) is 114 Å². The fourth-order valence-electron chi connectivity index (χ4n) is 5.03. The Morgan fingerprint density at radius 2 is 1.64 bits per heavy atom. The van der Waals surface area contributed by atoms with E-state index in [2.05, 4.69) is 5.32 Å². The molecule has 0 aromatic heterocycles. The third-order valence-electron chi connectivity index (χ3n) is 7.43. The Kier molecular flexibility index (Phi) is 10.5. The number of nitrogens with one attached hydrogen (secondary N) is 1. The van der Waals surface area contributed by atoms with Gasteiger partial charge < -0.3 is 19.9 Å². The van der Waals surface area contributed by atoms with Crippen molar-refractivity contribution in [3.63, 3.8) is 0 Å². The average Bonchev–Trinajstić information content (AvgIpc) is 3.44. The van der Waals surface area contributed by atoms with Crippen molar-refractivity contribution in [1.82, 2.24) is 5.32 Å². The average molecular weight is 668 g/mol. The Labute approximate surface area is 272 Å². The number of benzene rings is 4. The fourth-order valence-corrected chi connectivity index (χ4v) is 6.92. The summed E-state index contributed by atoms with van der Waals surface area (Å²) in [6.45, 7) is 0.565. The summed E-state index contributed by atoms with van der Waals surface area (Å²) in [5, 5.41) is 12.7. The molecule has 234 valence electrons.